The number of methoxy groups -OCH3 is 2. The Labute approximate surface area is 107 Å². The number of nitrogens with two attached hydrogens (primary N) is 1. The number of rotatable bonds is 2. The molecule has 1 aliphatic carbocycles. The Hall–Kier alpha value is -1.26. The van der Waals surface area contributed by atoms with Gasteiger partial charge in [0.15, 0.2) is 0 Å². The Balaban J connectivity index is 1.87. The van der Waals surface area contributed by atoms with E-state index in [1.807, 2.05) is 18.2 Å². The molecule has 1 saturated carbocycles. The molecule has 0 amide bonds. The number of hydrogen-bond donors (Lipinski definition) is 1. The average Bonchev–Trinajstić information content (AvgIpc) is 2.34. The van der Waals surface area contributed by atoms with Crippen LogP contribution in [0.5, 0.6) is 11.5 Å². The van der Waals surface area contributed by atoms with Crippen molar-refractivity contribution in [2.45, 2.75) is 37.0 Å². The molecule has 2 N–H and O–H groups in total. The van der Waals surface area contributed by atoms with Gasteiger partial charge >= 0.3 is 0 Å². The van der Waals surface area contributed by atoms with E-state index in [-0.39, 0.29) is 11.6 Å². The van der Waals surface area contributed by atoms with Crippen LogP contribution in [0, 0.1) is 0 Å². The lowest BCUT2D eigenvalue weighted by molar-refractivity contribution is -0.124. The topological polar surface area (TPSA) is 53.7 Å². The van der Waals surface area contributed by atoms with Crippen LogP contribution in [0.1, 0.15) is 30.9 Å². The fourth-order valence-corrected chi connectivity index (χ4v) is 3.01. The summed E-state index contributed by atoms with van der Waals surface area (Å²) < 4.78 is 16.7. The predicted molar refractivity (Wildman–Crippen MR) is 67.9 cm³/mol. The zero-order valence-corrected chi connectivity index (χ0v) is 10.8. The Morgan fingerprint density at radius 2 is 2.06 bits per heavy atom. The molecule has 3 rings (SSSR count). The van der Waals surface area contributed by atoms with Gasteiger partial charge in [-0.15, -0.1) is 0 Å². The van der Waals surface area contributed by atoms with Crippen LogP contribution in [0.4, 0.5) is 0 Å². The van der Waals surface area contributed by atoms with Gasteiger partial charge in [0.2, 0.25) is 0 Å². The third kappa shape index (κ3) is 1.76. The van der Waals surface area contributed by atoms with Crippen molar-refractivity contribution in [3.8, 4) is 11.5 Å². The number of benzene rings is 1. The van der Waals surface area contributed by atoms with Crippen molar-refractivity contribution >= 4 is 0 Å². The Morgan fingerprint density at radius 3 is 2.72 bits per heavy atom. The highest BCUT2D eigenvalue weighted by atomic mass is 16.5. The molecule has 0 bridgehead atoms. The zero-order valence-electron chi connectivity index (χ0n) is 10.8. The van der Waals surface area contributed by atoms with Crippen LogP contribution < -0.4 is 15.2 Å². The summed E-state index contributed by atoms with van der Waals surface area (Å²) in [7, 11) is 3.40. The lowest BCUT2D eigenvalue weighted by Gasteiger charge is -2.50. The van der Waals surface area contributed by atoms with Crippen LogP contribution in [-0.4, -0.2) is 25.9 Å². The smallest absolute Gasteiger partial charge is 0.128 e. The van der Waals surface area contributed by atoms with Gasteiger partial charge in [0.1, 0.15) is 17.1 Å². The van der Waals surface area contributed by atoms with Gasteiger partial charge in [0.25, 0.3) is 0 Å². The van der Waals surface area contributed by atoms with Crippen molar-refractivity contribution < 1.29 is 14.2 Å². The second kappa shape index (κ2) is 4.14. The van der Waals surface area contributed by atoms with E-state index in [0.29, 0.717) is 6.10 Å². The number of ether oxygens (including phenoxy) is 3. The SMILES string of the molecule is COc1ccc2c(c1)OC1(CC(OC)C1)C[C@H]2N. The van der Waals surface area contributed by atoms with Gasteiger partial charge in [0, 0.05) is 44.0 Å². The van der Waals surface area contributed by atoms with Crippen LogP contribution in [0.2, 0.25) is 0 Å². The molecule has 1 spiro atoms. The fraction of sp³-hybridized carbons (Fsp3) is 0.571. The van der Waals surface area contributed by atoms with Crippen molar-refractivity contribution in [3.05, 3.63) is 23.8 Å². The summed E-state index contributed by atoms with van der Waals surface area (Å²) in [5, 5.41) is 0. The lowest BCUT2D eigenvalue weighted by Crippen LogP contribution is -2.55. The molecule has 1 aliphatic heterocycles. The molecule has 0 unspecified atom stereocenters. The second-order valence-electron chi connectivity index (χ2n) is 5.27. The maximum atomic E-state index is 6.25. The normalized spacial score (nSPS) is 33.5. The maximum Gasteiger partial charge on any atom is 0.128 e. The largest absolute Gasteiger partial charge is 0.497 e. The van der Waals surface area contributed by atoms with Crippen molar-refractivity contribution in [1.82, 2.24) is 0 Å². The number of fused-ring (bicyclic) bond motifs is 1. The molecular weight excluding hydrogens is 230 g/mol. The molecular formula is C14H19NO3. The van der Waals surface area contributed by atoms with E-state index in [2.05, 4.69) is 0 Å². The molecule has 1 aromatic rings. The van der Waals surface area contributed by atoms with Gasteiger partial charge < -0.3 is 19.9 Å². The number of hydrogen-bond acceptors (Lipinski definition) is 4. The summed E-state index contributed by atoms with van der Waals surface area (Å²) in [6.07, 6.45) is 3.03. The van der Waals surface area contributed by atoms with E-state index in [1.54, 1.807) is 14.2 Å². The predicted octanol–water partition coefficient (Wildman–Crippen LogP) is 2.03. The van der Waals surface area contributed by atoms with Crippen molar-refractivity contribution in [3.63, 3.8) is 0 Å². The molecule has 4 nitrogen and oxygen atoms in total. The van der Waals surface area contributed by atoms with Crippen molar-refractivity contribution in [2.75, 3.05) is 14.2 Å². The van der Waals surface area contributed by atoms with E-state index in [1.165, 1.54) is 0 Å². The van der Waals surface area contributed by atoms with E-state index in [9.17, 15) is 0 Å². The Bertz CT molecular complexity index is 454. The monoisotopic (exact) mass is 249 g/mol. The van der Waals surface area contributed by atoms with E-state index in [4.69, 9.17) is 19.9 Å². The highest BCUT2D eigenvalue weighted by Gasteiger charge is 2.50. The first-order valence-electron chi connectivity index (χ1n) is 6.31. The van der Waals surface area contributed by atoms with Crippen LogP contribution in [0.15, 0.2) is 18.2 Å². The lowest BCUT2D eigenvalue weighted by atomic mass is 9.71. The van der Waals surface area contributed by atoms with Gasteiger partial charge in [-0.25, -0.2) is 0 Å². The zero-order chi connectivity index (χ0) is 12.8. The third-order valence-electron chi connectivity index (χ3n) is 4.07. The van der Waals surface area contributed by atoms with Crippen LogP contribution >= 0.6 is 0 Å². The van der Waals surface area contributed by atoms with Gasteiger partial charge in [0.05, 0.1) is 13.2 Å². The van der Waals surface area contributed by atoms with E-state index < -0.39 is 0 Å². The minimum absolute atomic E-state index is 0.0393. The van der Waals surface area contributed by atoms with E-state index >= 15 is 0 Å². The first-order valence-corrected chi connectivity index (χ1v) is 6.31. The quantitative estimate of drug-likeness (QED) is 0.871. The van der Waals surface area contributed by atoms with Crippen LogP contribution in [0.25, 0.3) is 0 Å². The molecule has 0 aromatic heterocycles. The molecule has 1 atom stereocenters. The highest BCUT2D eigenvalue weighted by molar-refractivity contribution is 5.44. The summed E-state index contributed by atoms with van der Waals surface area (Å²) >= 11 is 0. The maximum absolute atomic E-state index is 6.25. The Morgan fingerprint density at radius 1 is 1.28 bits per heavy atom. The van der Waals surface area contributed by atoms with Gasteiger partial charge in [-0.3, -0.25) is 0 Å². The molecule has 1 fully saturated rings. The van der Waals surface area contributed by atoms with Gasteiger partial charge in [-0.2, -0.15) is 0 Å². The first kappa shape index (κ1) is 11.8. The second-order valence-corrected chi connectivity index (χ2v) is 5.27. The highest BCUT2D eigenvalue weighted by Crippen LogP contribution is 2.49. The minimum atomic E-state index is -0.126. The standard InChI is InChI=1S/C14H19NO3/c1-16-9-3-4-11-12(15)8-14(18-13(11)5-9)6-10(7-14)17-2/h3-5,10,12H,6-8,15H2,1-2H3/t10?,12-,14?/m1/s1. The molecule has 4 heteroatoms. The molecule has 1 heterocycles. The molecule has 98 valence electrons. The van der Waals surface area contributed by atoms with Crippen LogP contribution in [0.3, 0.4) is 0 Å². The summed E-state index contributed by atoms with van der Waals surface area (Å²) in [5.74, 6) is 1.67. The molecule has 0 saturated heterocycles. The summed E-state index contributed by atoms with van der Waals surface area (Å²) in [4.78, 5) is 0. The van der Waals surface area contributed by atoms with Gasteiger partial charge in [-0.1, -0.05) is 6.07 Å². The van der Waals surface area contributed by atoms with Gasteiger partial charge in [-0.05, 0) is 6.07 Å². The van der Waals surface area contributed by atoms with E-state index in [0.717, 1.165) is 36.3 Å². The summed E-state index contributed by atoms with van der Waals surface area (Å²) in [6, 6.07) is 5.89. The van der Waals surface area contributed by atoms with Crippen molar-refractivity contribution in [2.24, 2.45) is 5.73 Å². The third-order valence-corrected chi connectivity index (χ3v) is 4.07. The molecule has 1 aromatic carbocycles. The molecule has 0 radical (unpaired) electrons. The minimum Gasteiger partial charge on any atom is -0.497 e. The fourth-order valence-electron chi connectivity index (χ4n) is 3.01. The first-order chi connectivity index (χ1) is 8.65. The average molecular weight is 249 g/mol. The Kier molecular flexibility index (Phi) is 2.72. The summed E-state index contributed by atoms with van der Waals surface area (Å²) in [5.41, 5.74) is 7.19. The van der Waals surface area contributed by atoms with Crippen LogP contribution in [-0.2, 0) is 4.74 Å². The summed E-state index contributed by atoms with van der Waals surface area (Å²) in [6.45, 7) is 0. The molecule has 18 heavy (non-hydrogen) atoms. The van der Waals surface area contributed by atoms with Crippen molar-refractivity contribution in [1.29, 1.82) is 0 Å². The molecule has 2 aliphatic rings.